The summed E-state index contributed by atoms with van der Waals surface area (Å²) in [5.41, 5.74) is 3.20. The molecule has 0 spiro atoms. The van der Waals surface area contributed by atoms with Crippen LogP contribution in [0.1, 0.15) is 36.8 Å². The zero-order valence-corrected chi connectivity index (χ0v) is 12.8. The van der Waals surface area contributed by atoms with Crippen LogP contribution in [0.5, 0.6) is 0 Å². The average Bonchev–Trinajstić information content (AvgIpc) is 2.91. The first-order valence-electron chi connectivity index (χ1n) is 7.15. The zero-order chi connectivity index (χ0) is 15.7. The van der Waals surface area contributed by atoms with E-state index in [1.165, 1.54) is 5.56 Å². The first kappa shape index (κ1) is 14.3. The number of hydrogen-bond acceptors (Lipinski definition) is 3. The molecule has 22 heavy (non-hydrogen) atoms. The van der Waals surface area contributed by atoms with E-state index in [4.69, 9.17) is 0 Å². The summed E-state index contributed by atoms with van der Waals surface area (Å²) in [4.78, 5) is 16.4. The number of aromatic nitrogens is 3. The molecular weight excluding hydrogens is 276 g/mol. The minimum Gasteiger partial charge on any atom is -0.321 e. The lowest BCUT2D eigenvalue weighted by Crippen LogP contribution is -2.14. The van der Waals surface area contributed by atoms with E-state index < -0.39 is 0 Å². The molecule has 3 rings (SSSR count). The van der Waals surface area contributed by atoms with Crippen molar-refractivity contribution in [2.45, 2.75) is 26.2 Å². The fourth-order valence-corrected chi connectivity index (χ4v) is 2.27. The second-order valence-corrected chi connectivity index (χ2v) is 6.27. The highest BCUT2D eigenvalue weighted by Gasteiger charge is 2.16. The standard InChI is InChI=1S/C17H18N4O/c1-17(2,3)11-4-6-12(7-5-11)19-16(22)15-13-10-18-9-8-14(13)20-21-15/h4-10H,1-3H3,(H,19,22)(H,20,21). The second kappa shape index (κ2) is 5.26. The van der Waals surface area contributed by atoms with Gasteiger partial charge in [-0.3, -0.25) is 14.9 Å². The molecule has 1 amide bonds. The van der Waals surface area contributed by atoms with Gasteiger partial charge in [0, 0.05) is 18.1 Å². The lowest BCUT2D eigenvalue weighted by molar-refractivity contribution is 0.102. The topological polar surface area (TPSA) is 70.7 Å². The Balaban J connectivity index is 1.82. The van der Waals surface area contributed by atoms with Gasteiger partial charge in [-0.2, -0.15) is 5.10 Å². The number of hydrogen-bond donors (Lipinski definition) is 2. The van der Waals surface area contributed by atoms with Gasteiger partial charge in [0.15, 0.2) is 5.69 Å². The molecule has 2 heterocycles. The minimum absolute atomic E-state index is 0.0899. The number of anilines is 1. The number of nitrogens with zero attached hydrogens (tertiary/aromatic N) is 2. The third kappa shape index (κ3) is 2.70. The molecule has 0 radical (unpaired) electrons. The van der Waals surface area contributed by atoms with Gasteiger partial charge in [0.1, 0.15) is 0 Å². The molecule has 3 aromatic rings. The van der Waals surface area contributed by atoms with Gasteiger partial charge < -0.3 is 5.32 Å². The number of carbonyl (C=O) groups is 1. The van der Waals surface area contributed by atoms with Crippen LogP contribution >= 0.6 is 0 Å². The number of carbonyl (C=O) groups excluding carboxylic acids is 1. The van der Waals surface area contributed by atoms with E-state index >= 15 is 0 Å². The first-order valence-corrected chi connectivity index (χ1v) is 7.15. The summed E-state index contributed by atoms with van der Waals surface area (Å²) in [6.45, 7) is 6.47. The van der Waals surface area contributed by atoms with Gasteiger partial charge in [-0.25, -0.2) is 0 Å². The molecule has 2 N–H and O–H groups in total. The van der Waals surface area contributed by atoms with Crippen molar-refractivity contribution < 1.29 is 4.79 Å². The highest BCUT2D eigenvalue weighted by Crippen LogP contribution is 2.24. The third-order valence-corrected chi connectivity index (χ3v) is 3.59. The third-order valence-electron chi connectivity index (χ3n) is 3.59. The van der Waals surface area contributed by atoms with Crippen molar-refractivity contribution in [3.05, 3.63) is 54.0 Å². The molecule has 1 aromatic carbocycles. The molecule has 0 fully saturated rings. The van der Waals surface area contributed by atoms with Crippen molar-refractivity contribution in [3.63, 3.8) is 0 Å². The summed E-state index contributed by atoms with van der Waals surface area (Å²) in [5, 5.41) is 10.5. The van der Waals surface area contributed by atoms with Crippen molar-refractivity contribution in [1.29, 1.82) is 0 Å². The smallest absolute Gasteiger partial charge is 0.276 e. The highest BCUT2D eigenvalue weighted by molar-refractivity contribution is 6.10. The molecule has 0 bridgehead atoms. The van der Waals surface area contributed by atoms with E-state index in [0.29, 0.717) is 11.1 Å². The first-order chi connectivity index (χ1) is 10.4. The minimum atomic E-state index is -0.247. The normalized spacial score (nSPS) is 11.6. The lowest BCUT2D eigenvalue weighted by atomic mass is 9.87. The molecular formula is C17H18N4O. The quantitative estimate of drug-likeness (QED) is 0.760. The molecule has 112 valence electrons. The Morgan fingerprint density at radius 2 is 1.86 bits per heavy atom. The molecule has 2 aromatic heterocycles. The van der Waals surface area contributed by atoms with Crippen LogP contribution in [0.15, 0.2) is 42.7 Å². The summed E-state index contributed by atoms with van der Waals surface area (Å²) in [6, 6.07) is 9.66. The maximum atomic E-state index is 12.3. The summed E-state index contributed by atoms with van der Waals surface area (Å²) in [5.74, 6) is -0.247. The van der Waals surface area contributed by atoms with Crippen molar-refractivity contribution in [3.8, 4) is 0 Å². The van der Waals surface area contributed by atoms with Gasteiger partial charge in [0.05, 0.1) is 10.9 Å². The van der Waals surface area contributed by atoms with Crippen LogP contribution in [-0.2, 0) is 5.41 Å². The van der Waals surface area contributed by atoms with Crippen LogP contribution in [0.25, 0.3) is 10.9 Å². The van der Waals surface area contributed by atoms with Gasteiger partial charge in [0.2, 0.25) is 0 Å². The average molecular weight is 294 g/mol. The monoisotopic (exact) mass is 294 g/mol. The number of fused-ring (bicyclic) bond motifs is 1. The SMILES string of the molecule is CC(C)(C)c1ccc(NC(=O)c2n[nH]c3ccncc23)cc1. The Bertz CT molecular complexity index is 813. The number of H-pyrrole nitrogens is 1. The Morgan fingerprint density at radius 3 is 2.55 bits per heavy atom. The fraction of sp³-hybridized carbons (Fsp3) is 0.235. The van der Waals surface area contributed by atoms with Gasteiger partial charge in [-0.05, 0) is 29.2 Å². The van der Waals surface area contributed by atoms with Gasteiger partial charge in [-0.1, -0.05) is 32.9 Å². The fourth-order valence-electron chi connectivity index (χ4n) is 2.27. The van der Waals surface area contributed by atoms with Crippen LogP contribution in [-0.4, -0.2) is 21.1 Å². The van der Waals surface area contributed by atoms with Crippen molar-refractivity contribution >= 4 is 22.5 Å². The molecule has 0 atom stereocenters. The molecule has 0 unspecified atom stereocenters. The number of rotatable bonds is 2. The van der Waals surface area contributed by atoms with E-state index in [9.17, 15) is 4.79 Å². The molecule has 0 saturated heterocycles. The zero-order valence-electron chi connectivity index (χ0n) is 12.8. The Hall–Kier alpha value is -2.69. The van der Waals surface area contributed by atoms with Crippen LogP contribution in [0.3, 0.4) is 0 Å². The highest BCUT2D eigenvalue weighted by atomic mass is 16.1. The number of nitrogens with one attached hydrogen (secondary N) is 2. The van der Waals surface area contributed by atoms with Gasteiger partial charge in [0.25, 0.3) is 5.91 Å². The van der Waals surface area contributed by atoms with E-state index in [2.05, 4.69) is 41.3 Å². The summed E-state index contributed by atoms with van der Waals surface area (Å²) in [7, 11) is 0. The Kier molecular flexibility index (Phi) is 3.41. The Morgan fingerprint density at radius 1 is 1.14 bits per heavy atom. The lowest BCUT2D eigenvalue weighted by Gasteiger charge is -2.19. The predicted octanol–water partition coefficient (Wildman–Crippen LogP) is 3.51. The van der Waals surface area contributed by atoms with Gasteiger partial charge in [-0.15, -0.1) is 0 Å². The predicted molar refractivity (Wildman–Crippen MR) is 87.0 cm³/mol. The van der Waals surface area contributed by atoms with Crippen LogP contribution in [0.2, 0.25) is 0 Å². The van der Waals surface area contributed by atoms with Crippen LogP contribution in [0, 0.1) is 0 Å². The second-order valence-electron chi connectivity index (χ2n) is 6.27. The molecule has 0 saturated carbocycles. The Labute approximate surface area is 128 Å². The molecule has 0 aliphatic heterocycles. The summed E-state index contributed by atoms with van der Waals surface area (Å²) in [6.07, 6.45) is 3.30. The maximum absolute atomic E-state index is 12.3. The molecule has 5 heteroatoms. The maximum Gasteiger partial charge on any atom is 0.276 e. The van der Waals surface area contributed by atoms with Crippen LogP contribution in [0.4, 0.5) is 5.69 Å². The summed E-state index contributed by atoms with van der Waals surface area (Å²) >= 11 is 0. The van der Waals surface area contributed by atoms with E-state index in [-0.39, 0.29) is 11.3 Å². The van der Waals surface area contributed by atoms with Crippen molar-refractivity contribution in [1.82, 2.24) is 15.2 Å². The number of amides is 1. The summed E-state index contributed by atoms with van der Waals surface area (Å²) < 4.78 is 0. The number of benzene rings is 1. The number of pyridine rings is 1. The van der Waals surface area contributed by atoms with E-state index in [1.807, 2.05) is 24.3 Å². The van der Waals surface area contributed by atoms with Gasteiger partial charge >= 0.3 is 0 Å². The largest absolute Gasteiger partial charge is 0.321 e. The molecule has 0 aliphatic carbocycles. The molecule has 5 nitrogen and oxygen atoms in total. The van der Waals surface area contributed by atoms with Crippen molar-refractivity contribution in [2.75, 3.05) is 5.32 Å². The number of aromatic amines is 1. The van der Waals surface area contributed by atoms with Crippen LogP contribution < -0.4 is 5.32 Å². The van der Waals surface area contributed by atoms with E-state index in [0.717, 1.165) is 11.2 Å². The molecule has 0 aliphatic rings. The van der Waals surface area contributed by atoms with Crippen molar-refractivity contribution in [2.24, 2.45) is 0 Å². The van der Waals surface area contributed by atoms with E-state index in [1.54, 1.807) is 18.5 Å².